The maximum atomic E-state index is 12.2. The predicted octanol–water partition coefficient (Wildman–Crippen LogP) is 0.977. The van der Waals surface area contributed by atoms with Crippen LogP contribution in [0.1, 0.15) is 25.1 Å². The topological polar surface area (TPSA) is 132 Å². The van der Waals surface area contributed by atoms with Crippen LogP contribution >= 0.6 is 0 Å². The summed E-state index contributed by atoms with van der Waals surface area (Å²) in [6.45, 7) is 8.30. The van der Waals surface area contributed by atoms with E-state index >= 15 is 0 Å². The number of nitrogens with one attached hydrogen (secondary N) is 3. The number of aliphatic hydroxyl groups is 1. The molecule has 0 aliphatic carbocycles. The fourth-order valence-electron chi connectivity index (χ4n) is 4.50. The Morgan fingerprint density at radius 2 is 1.97 bits per heavy atom. The van der Waals surface area contributed by atoms with Crippen LogP contribution in [0, 0.1) is 0 Å². The quantitative estimate of drug-likeness (QED) is 0.424. The molecule has 0 spiro atoms. The Balaban J connectivity index is 1.62. The van der Waals surface area contributed by atoms with E-state index in [9.17, 15) is 9.59 Å². The zero-order valence-electron chi connectivity index (χ0n) is 20.9. The molecule has 2 aliphatic rings. The molecule has 1 unspecified atom stereocenters. The largest absolute Gasteiger partial charge is 0.395 e. The number of fused-ring (bicyclic) bond motifs is 1. The van der Waals surface area contributed by atoms with Crippen LogP contribution in [-0.2, 0) is 22.5 Å². The third-order valence-electron chi connectivity index (χ3n) is 6.30. The highest BCUT2D eigenvalue weighted by molar-refractivity contribution is 5.89. The van der Waals surface area contributed by atoms with Gasteiger partial charge < -0.3 is 30.7 Å². The molecule has 4 N–H and O–H groups in total. The molecule has 2 aliphatic heterocycles. The second-order valence-corrected chi connectivity index (χ2v) is 9.01. The van der Waals surface area contributed by atoms with E-state index in [0.29, 0.717) is 37.8 Å². The van der Waals surface area contributed by atoms with Crippen molar-refractivity contribution in [1.29, 1.82) is 0 Å². The molecule has 1 fully saturated rings. The van der Waals surface area contributed by atoms with Crippen LogP contribution in [0.5, 0.6) is 0 Å². The molecule has 1 saturated heterocycles. The number of benzene rings is 1. The van der Waals surface area contributed by atoms with Gasteiger partial charge in [-0.1, -0.05) is 0 Å². The summed E-state index contributed by atoms with van der Waals surface area (Å²) in [4.78, 5) is 38.4. The normalized spacial score (nSPS) is 17.9. The Kier molecular flexibility index (Phi) is 8.68. The lowest BCUT2D eigenvalue weighted by atomic mass is 10.0. The molecule has 1 aromatic carbocycles. The lowest BCUT2D eigenvalue weighted by Crippen LogP contribution is -2.46. The predicted molar refractivity (Wildman–Crippen MR) is 137 cm³/mol. The van der Waals surface area contributed by atoms with E-state index in [-0.39, 0.29) is 37.7 Å². The molecule has 3 amide bonds. The van der Waals surface area contributed by atoms with Crippen LogP contribution in [0.25, 0.3) is 11.4 Å². The molecule has 36 heavy (non-hydrogen) atoms. The number of hydrogen-bond donors (Lipinski definition) is 4. The van der Waals surface area contributed by atoms with Gasteiger partial charge in [0.25, 0.3) is 0 Å². The number of anilines is 2. The first-order chi connectivity index (χ1) is 17.5. The first-order valence-electron chi connectivity index (χ1n) is 12.5. The lowest BCUT2D eigenvalue weighted by molar-refractivity contribution is -0.122. The standard InChI is InChI=1S/C25H35N7O4/c1-3-26-25(35)28-19-6-4-18(5-7-19)23-29-21-14-31(15-22(34)27-9-12-33)10-8-20(21)24(30-23)32-11-13-36-16-17(32)2/h4-7,17,33H,3,8-16H2,1-2H3,(H,27,34)(H2,26,28,35). The number of urea groups is 1. The molecular weight excluding hydrogens is 462 g/mol. The van der Waals surface area contributed by atoms with Gasteiger partial charge in [0.1, 0.15) is 5.82 Å². The molecule has 1 aromatic heterocycles. The van der Waals surface area contributed by atoms with Crippen molar-refractivity contribution in [1.82, 2.24) is 25.5 Å². The van der Waals surface area contributed by atoms with E-state index in [1.807, 2.05) is 31.2 Å². The van der Waals surface area contributed by atoms with Crippen molar-refractivity contribution in [3.05, 3.63) is 35.5 Å². The Labute approximate surface area is 211 Å². The minimum Gasteiger partial charge on any atom is -0.395 e. The SMILES string of the molecule is CCNC(=O)Nc1ccc(-c2nc3c(c(N4CCOCC4C)n2)CCN(CC(=O)NCCO)C3)cc1. The number of rotatable bonds is 8. The van der Waals surface area contributed by atoms with Crippen molar-refractivity contribution >= 4 is 23.4 Å². The Morgan fingerprint density at radius 3 is 2.69 bits per heavy atom. The Morgan fingerprint density at radius 1 is 1.17 bits per heavy atom. The van der Waals surface area contributed by atoms with E-state index in [1.54, 1.807) is 0 Å². The Hall–Kier alpha value is -3.28. The van der Waals surface area contributed by atoms with Crippen LogP contribution in [-0.4, -0.2) is 90.5 Å². The van der Waals surface area contributed by atoms with E-state index in [4.69, 9.17) is 19.8 Å². The van der Waals surface area contributed by atoms with E-state index in [2.05, 4.69) is 32.7 Å². The minimum atomic E-state index is -0.248. The summed E-state index contributed by atoms with van der Waals surface area (Å²) in [6.07, 6.45) is 0.748. The second-order valence-electron chi connectivity index (χ2n) is 9.01. The highest BCUT2D eigenvalue weighted by Gasteiger charge is 2.29. The van der Waals surface area contributed by atoms with Gasteiger partial charge in [-0.3, -0.25) is 9.69 Å². The van der Waals surface area contributed by atoms with Crippen molar-refractivity contribution in [2.24, 2.45) is 0 Å². The van der Waals surface area contributed by atoms with Gasteiger partial charge >= 0.3 is 6.03 Å². The molecule has 11 nitrogen and oxygen atoms in total. The summed E-state index contributed by atoms with van der Waals surface area (Å²) in [5.74, 6) is 1.43. The van der Waals surface area contributed by atoms with Gasteiger partial charge in [0, 0.05) is 49.5 Å². The maximum Gasteiger partial charge on any atom is 0.319 e. The summed E-state index contributed by atoms with van der Waals surface area (Å²) in [6, 6.07) is 7.42. The molecular formula is C25H35N7O4. The zero-order valence-corrected chi connectivity index (χ0v) is 20.9. The first kappa shape index (κ1) is 25.8. The Bertz CT molecular complexity index is 1060. The summed E-state index contributed by atoms with van der Waals surface area (Å²) in [5, 5.41) is 17.2. The van der Waals surface area contributed by atoms with Crippen molar-refractivity contribution in [3.63, 3.8) is 0 Å². The molecule has 1 atom stereocenters. The van der Waals surface area contributed by atoms with Gasteiger partial charge in [-0.2, -0.15) is 0 Å². The molecule has 194 valence electrons. The molecule has 0 bridgehead atoms. The fourth-order valence-corrected chi connectivity index (χ4v) is 4.50. The van der Waals surface area contributed by atoms with E-state index < -0.39 is 0 Å². The van der Waals surface area contributed by atoms with Crippen molar-refractivity contribution in [2.75, 3.05) is 62.8 Å². The van der Waals surface area contributed by atoms with Crippen LogP contribution in [0.2, 0.25) is 0 Å². The molecule has 2 aromatic rings. The van der Waals surface area contributed by atoms with Crippen LogP contribution in [0.15, 0.2) is 24.3 Å². The molecule has 4 rings (SSSR count). The van der Waals surface area contributed by atoms with Crippen LogP contribution in [0.3, 0.4) is 0 Å². The van der Waals surface area contributed by atoms with Gasteiger partial charge in [-0.15, -0.1) is 0 Å². The highest BCUT2D eigenvalue weighted by Crippen LogP contribution is 2.31. The number of morpholine rings is 1. The van der Waals surface area contributed by atoms with Crippen LogP contribution in [0.4, 0.5) is 16.3 Å². The molecule has 3 heterocycles. The average molecular weight is 498 g/mol. The zero-order chi connectivity index (χ0) is 25.5. The summed E-state index contributed by atoms with van der Waals surface area (Å²) >= 11 is 0. The lowest BCUT2D eigenvalue weighted by Gasteiger charge is -2.37. The number of carbonyl (C=O) groups excluding carboxylic acids is 2. The van der Waals surface area contributed by atoms with Crippen molar-refractivity contribution in [2.45, 2.75) is 32.9 Å². The number of amides is 3. The fraction of sp³-hybridized carbons (Fsp3) is 0.520. The number of carbonyl (C=O) groups is 2. The minimum absolute atomic E-state index is 0.0795. The van der Waals surface area contributed by atoms with E-state index in [1.165, 1.54) is 0 Å². The summed E-state index contributed by atoms with van der Waals surface area (Å²) in [7, 11) is 0. The summed E-state index contributed by atoms with van der Waals surface area (Å²) in [5.41, 5.74) is 3.57. The number of aliphatic hydroxyl groups excluding tert-OH is 1. The third-order valence-corrected chi connectivity index (χ3v) is 6.30. The maximum absolute atomic E-state index is 12.2. The van der Waals surface area contributed by atoms with Gasteiger partial charge in [-0.25, -0.2) is 14.8 Å². The van der Waals surface area contributed by atoms with E-state index in [0.717, 1.165) is 42.1 Å². The molecule has 0 saturated carbocycles. The van der Waals surface area contributed by atoms with Gasteiger partial charge in [-0.05, 0) is 44.5 Å². The van der Waals surface area contributed by atoms with Gasteiger partial charge in [0.2, 0.25) is 5.91 Å². The first-order valence-corrected chi connectivity index (χ1v) is 12.5. The number of ether oxygens (including phenoxy) is 1. The molecule has 11 heteroatoms. The molecule has 0 radical (unpaired) electrons. The van der Waals surface area contributed by atoms with Crippen molar-refractivity contribution in [3.8, 4) is 11.4 Å². The number of hydrogen-bond acceptors (Lipinski definition) is 8. The van der Waals surface area contributed by atoms with Crippen LogP contribution < -0.4 is 20.9 Å². The average Bonchev–Trinajstić information content (AvgIpc) is 2.87. The third kappa shape index (κ3) is 6.28. The summed E-state index contributed by atoms with van der Waals surface area (Å²) < 4.78 is 5.65. The number of nitrogens with zero attached hydrogens (tertiary/aromatic N) is 4. The monoisotopic (exact) mass is 497 g/mol. The second kappa shape index (κ2) is 12.1. The number of aromatic nitrogens is 2. The van der Waals surface area contributed by atoms with Gasteiger partial charge in [0.15, 0.2) is 5.82 Å². The highest BCUT2D eigenvalue weighted by atomic mass is 16.5. The van der Waals surface area contributed by atoms with Crippen molar-refractivity contribution < 1.29 is 19.4 Å². The smallest absolute Gasteiger partial charge is 0.319 e. The van der Waals surface area contributed by atoms with Gasteiger partial charge in [0.05, 0.1) is 38.1 Å².